The van der Waals surface area contributed by atoms with Crippen LogP contribution in [-0.2, 0) is 0 Å². The van der Waals surface area contributed by atoms with Gasteiger partial charge >= 0.3 is 0 Å². The average Bonchev–Trinajstić information content (AvgIpc) is 2.37. The van der Waals surface area contributed by atoms with Gasteiger partial charge in [-0.3, -0.25) is 0 Å². The highest BCUT2D eigenvalue weighted by atomic mass is 16.5. The third-order valence-corrected chi connectivity index (χ3v) is 2.69. The summed E-state index contributed by atoms with van der Waals surface area (Å²) in [6, 6.07) is 9.47. The predicted molar refractivity (Wildman–Crippen MR) is 75.8 cm³/mol. The molecule has 1 aromatic carbocycles. The topological polar surface area (TPSA) is 57.4 Å². The van der Waals surface area contributed by atoms with E-state index in [1.807, 2.05) is 32.9 Å². The van der Waals surface area contributed by atoms with Gasteiger partial charge in [0.15, 0.2) is 0 Å². The number of nitrogen functional groups attached to an aromatic ring is 1. The van der Waals surface area contributed by atoms with E-state index in [0.717, 1.165) is 11.3 Å². The molecule has 4 nitrogen and oxygen atoms in total. The lowest BCUT2D eigenvalue weighted by atomic mass is 10.1. The van der Waals surface area contributed by atoms with Gasteiger partial charge in [0, 0.05) is 6.07 Å². The van der Waals surface area contributed by atoms with Crippen molar-refractivity contribution < 1.29 is 9.47 Å². The summed E-state index contributed by atoms with van der Waals surface area (Å²) in [6.45, 7) is 6.46. The molecule has 0 amide bonds. The average molecular weight is 258 g/mol. The number of ether oxygens (including phenoxy) is 2. The molecule has 0 aliphatic heterocycles. The fourth-order valence-electron chi connectivity index (χ4n) is 1.77. The Bertz CT molecular complexity index is 582. The molecule has 0 bridgehead atoms. The Hall–Kier alpha value is -2.23. The number of hydrogen-bond acceptors (Lipinski definition) is 4. The molecule has 0 radical (unpaired) electrons. The van der Waals surface area contributed by atoms with Crippen molar-refractivity contribution in [1.29, 1.82) is 0 Å². The molecule has 0 aliphatic rings. The Balaban J connectivity index is 2.25. The molecule has 1 aromatic heterocycles. The molecule has 100 valence electrons. The van der Waals surface area contributed by atoms with Crippen LogP contribution in [0.15, 0.2) is 30.3 Å². The van der Waals surface area contributed by atoms with E-state index in [9.17, 15) is 0 Å². The van der Waals surface area contributed by atoms with E-state index in [0.29, 0.717) is 24.1 Å². The van der Waals surface area contributed by atoms with E-state index in [1.54, 1.807) is 12.1 Å². The Morgan fingerprint density at radius 2 is 1.95 bits per heavy atom. The van der Waals surface area contributed by atoms with Crippen molar-refractivity contribution in [2.24, 2.45) is 0 Å². The molecule has 0 unspecified atom stereocenters. The molecular weight excluding hydrogens is 240 g/mol. The number of anilines is 1. The highest BCUT2D eigenvalue weighted by molar-refractivity contribution is 5.50. The maximum Gasteiger partial charge on any atom is 0.240 e. The van der Waals surface area contributed by atoms with E-state index >= 15 is 0 Å². The van der Waals surface area contributed by atoms with E-state index in [1.165, 1.54) is 5.56 Å². The second-order valence-electron chi connectivity index (χ2n) is 4.35. The van der Waals surface area contributed by atoms with E-state index in [-0.39, 0.29) is 0 Å². The Labute approximate surface area is 113 Å². The maximum absolute atomic E-state index is 5.78. The van der Waals surface area contributed by atoms with Crippen LogP contribution in [-0.4, -0.2) is 11.6 Å². The van der Waals surface area contributed by atoms with Gasteiger partial charge in [0.2, 0.25) is 11.8 Å². The number of aryl methyl sites for hydroxylation is 2. The highest BCUT2D eigenvalue weighted by Crippen LogP contribution is 2.28. The lowest BCUT2D eigenvalue weighted by Gasteiger charge is -2.11. The Kier molecular flexibility index (Phi) is 3.90. The highest BCUT2D eigenvalue weighted by Gasteiger charge is 2.07. The molecule has 2 N–H and O–H groups in total. The lowest BCUT2D eigenvalue weighted by molar-refractivity contribution is 0.323. The number of nitrogens with zero attached hydrogens (tertiary/aromatic N) is 1. The first-order chi connectivity index (χ1) is 9.10. The van der Waals surface area contributed by atoms with Crippen molar-refractivity contribution >= 4 is 5.69 Å². The van der Waals surface area contributed by atoms with Gasteiger partial charge < -0.3 is 15.2 Å². The third kappa shape index (κ3) is 3.16. The first-order valence-electron chi connectivity index (χ1n) is 6.24. The largest absolute Gasteiger partial charge is 0.476 e. The molecule has 0 aliphatic carbocycles. The van der Waals surface area contributed by atoms with Crippen molar-refractivity contribution in [1.82, 2.24) is 4.98 Å². The number of hydrogen-bond donors (Lipinski definition) is 1. The summed E-state index contributed by atoms with van der Waals surface area (Å²) in [7, 11) is 0. The zero-order chi connectivity index (χ0) is 13.8. The molecule has 4 heteroatoms. The van der Waals surface area contributed by atoms with Crippen LogP contribution in [0.2, 0.25) is 0 Å². The molecular formula is C15H18N2O2. The summed E-state index contributed by atoms with van der Waals surface area (Å²) in [5, 5.41) is 0. The summed E-state index contributed by atoms with van der Waals surface area (Å²) < 4.78 is 11.1. The fourth-order valence-corrected chi connectivity index (χ4v) is 1.77. The molecule has 0 saturated carbocycles. The number of aromatic nitrogens is 1. The number of pyridine rings is 1. The minimum absolute atomic E-state index is 0.407. The van der Waals surface area contributed by atoms with Gasteiger partial charge in [0.25, 0.3) is 0 Å². The molecule has 2 aromatic rings. The summed E-state index contributed by atoms with van der Waals surface area (Å²) in [6.07, 6.45) is 0. The van der Waals surface area contributed by atoms with Crippen LogP contribution in [0.3, 0.4) is 0 Å². The van der Waals surface area contributed by atoms with Crippen molar-refractivity contribution in [2.75, 3.05) is 12.3 Å². The summed E-state index contributed by atoms with van der Waals surface area (Å²) in [5.41, 5.74) is 8.55. The van der Waals surface area contributed by atoms with Crippen LogP contribution in [0.1, 0.15) is 18.1 Å². The zero-order valence-electron chi connectivity index (χ0n) is 11.4. The molecule has 0 saturated heterocycles. The van der Waals surface area contributed by atoms with Gasteiger partial charge in [-0.25, -0.2) is 0 Å². The van der Waals surface area contributed by atoms with Crippen LogP contribution in [0, 0.1) is 13.8 Å². The summed E-state index contributed by atoms with van der Waals surface area (Å²) in [4.78, 5) is 4.25. The summed E-state index contributed by atoms with van der Waals surface area (Å²) in [5.74, 6) is 1.67. The van der Waals surface area contributed by atoms with Crippen LogP contribution in [0.25, 0.3) is 0 Å². The van der Waals surface area contributed by atoms with Crippen LogP contribution in [0.5, 0.6) is 17.5 Å². The van der Waals surface area contributed by atoms with E-state index in [4.69, 9.17) is 15.2 Å². The molecule has 1 heterocycles. The molecule has 0 spiro atoms. The predicted octanol–water partition coefficient (Wildman–Crippen LogP) is 3.47. The first-order valence-corrected chi connectivity index (χ1v) is 6.24. The van der Waals surface area contributed by atoms with Crippen molar-refractivity contribution in [2.45, 2.75) is 20.8 Å². The third-order valence-electron chi connectivity index (χ3n) is 2.69. The van der Waals surface area contributed by atoms with Gasteiger partial charge in [0.1, 0.15) is 5.75 Å². The lowest BCUT2D eigenvalue weighted by Crippen LogP contribution is -2.00. The van der Waals surface area contributed by atoms with Crippen molar-refractivity contribution in [3.05, 3.63) is 41.5 Å². The van der Waals surface area contributed by atoms with Gasteiger partial charge in [-0.05, 0) is 38.5 Å². The fraction of sp³-hybridized carbons (Fsp3) is 0.267. The monoisotopic (exact) mass is 258 g/mol. The Morgan fingerprint density at radius 3 is 2.63 bits per heavy atom. The number of nitrogens with two attached hydrogens (primary N) is 1. The smallest absolute Gasteiger partial charge is 0.240 e. The first kappa shape index (κ1) is 13.2. The minimum atomic E-state index is 0.407. The second-order valence-corrected chi connectivity index (χ2v) is 4.35. The van der Waals surface area contributed by atoms with Gasteiger partial charge in [-0.2, -0.15) is 4.98 Å². The number of rotatable bonds is 4. The van der Waals surface area contributed by atoms with Crippen LogP contribution < -0.4 is 15.2 Å². The molecule has 0 atom stereocenters. The van der Waals surface area contributed by atoms with Gasteiger partial charge in [-0.15, -0.1) is 0 Å². The van der Waals surface area contributed by atoms with E-state index < -0.39 is 0 Å². The minimum Gasteiger partial charge on any atom is -0.476 e. The quantitative estimate of drug-likeness (QED) is 0.912. The van der Waals surface area contributed by atoms with Crippen molar-refractivity contribution in [3.63, 3.8) is 0 Å². The summed E-state index contributed by atoms with van der Waals surface area (Å²) >= 11 is 0. The molecule has 0 fully saturated rings. The number of benzene rings is 1. The molecule has 19 heavy (non-hydrogen) atoms. The molecule has 2 rings (SSSR count). The van der Waals surface area contributed by atoms with Crippen LogP contribution >= 0.6 is 0 Å². The van der Waals surface area contributed by atoms with Crippen molar-refractivity contribution in [3.8, 4) is 17.5 Å². The SMILES string of the molecule is CCOc1nc(Oc2ccc(C)cc2C)ccc1N. The van der Waals surface area contributed by atoms with E-state index in [2.05, 4.69) is 11.1 Å². The standard InChI is InChI=1S/C15H18N2O2/c1-4-18-15-12(16)6-8-14(17-15)19-13-7-5-10(2)9-11(13)3/h5-9H,4,16H2,1-3H3. The van der Waals surface area contributed by atoms with Gasteiger partial charge in [-0.1, -0.05) is 17.7 Å². The normalized spacial score (nSPS) is 10.3. The Morgan fingerprint density at radius 1 is 1.16 bits per heavy atom. The maximum atomic E-state index is 5.78. The zero-order valence-corrected chi connectivity index (χ0v) is 11.4. The second kappa shape index (κ2) is 5.61. The van der Waals surface area contributed by atoms with Crippen LogP contribution in [0.4, 0.5) is 5.69 Å². The van der Waals surface area contributed by atoms with Gasteiger partial charge in [0.05, 0.1) is 12.3 Å².